The van der Waals surface area contributed by atoms with E-state index in [0.717, 1.165) is 17.5 Å². The van der Waals surface area contributed by atoms with Gasteiger partial charge in [0, 0.05) is 13.1 Å². The van der Waals surface area contributed by atoms with E-state index in [0.29, 0.717) is 13.1 Å². The standard InChI is InChI=1S/C19H20FNO2/c20-16-8-6-15(7-9-16)17-10-11-21(19(23)18(17)13-22)12-14-4-2-1-3-5-14/h1-9,17-18,22H,10-13H2/t17-,18-/m0/s1. The van der Waals surface area contributed by atoms with Crippen molar-refractivity contribution in [1.29, 1.82) is 0 Å². The average Bonchev–Trinajstić information content (AvgIpc) is 2.58. The van der Waals surface area contributed by atoms with Gasteiger partial charge in [-0.2, -0.15) is 0 Å². The number of hydrogen-bond acceptors (Lipinski definition) is 2. The van der Waals surface area contributed by atoms with Gasteiger partial charge in [0.1, 0.15) is 5.82 Å². The monoisotopic (exact) mass is 313 g/mol. The molecule has 3 nitrogen and oxygen atoms in total. The molecule has 3 rings (SSSR count). The van der Waals surface area contributed by atoms with Crippen LogP contribution in [-0.4, -0.2) is 29.1 Å². The fraction of sp³-hybridized carbons (Fsp3) is 0.316. The van der Waals surface area contributed by atoms with Crippen LogP contribution in [0.2, 0.25) is 0 Å². The van der Waals surface area contributed by atoms with Crippen LogP contribution < -0.4 is 0 Å². The van der Waals surface area contributed by atoms with Gasteiger partial charge in [0.25, 0.3) is 0 Å². The Kier molecular flexibility index (Phi) is 4.72. The van der Waals surface area contributed by atoms with E-state index in [1.807, 2.05) is 30.3 Å². The van der Waals surface area contributed by atoms with Gasteiger partial charge in [-0.3, -0.25) is 4.79 Å². The van der Waals surface area contributed by atoms with Crippen LogP contribution in [0.4, 0.5) is 4.39 Å². The van der Waals surface area contributed by atoms with Crippen molar-refractivity contribution in [2.75, 3.05) is 13.2 Å². The van der Waals surface area contributed by atoms with Gasteiger partial charge < -0.3 is 10.0 Å². The maximum absolute atomic E-state index is 13.1. The lowest BCUT2D eigenvalue weighted by Crippen LogP contribution is -2.45. The van der Waals surface area contributed by atoms with Crippen molar-refractivity contribution in [3.63, 3.8) is 0 Å². The Morgan fingerprint density at radius 3 is 2.43 bits per heavy atom. The van der Waals surface area contributed by atoms with Gasteiger partial charge in [-0.1, -0.05) is 42.5 Å². The lowest BCUT2D eigenvalue weighted by atomic mass is 9.80. The highest BCUT2D eigenvalue weighted by Gasteiger charge is 2.36. The van der Waals surface area contributed by atoms with Crippen molar-refractivity contribution in [2.45, 2.75) is 18.9 Å². The number of carbonyl (C=O) groups is 1. The number of benzene rings is 2. The van der Waals surface area contributed by atoms with Crippen molar-refractivity contribution in [3.05, 3.63) is 71.5 Å². The normalized spacial score (nSPS) is 21.5. The smallest absolute Gasteiger partial charge is 0.228 e. The van der Waals surface area contributed by atoms with E-state index in [-0.39, 0.29) is 24.2 Å². The molecule has 1 heterocycles. The lowest BCUT2D eigenvalue weighted by Gasteiger charge is -2.37. The molecule has 2 atom stereocenters. The molecular weight excluding hydrogens is 293 g/mol. The second-order valence-corrected chi connectivity index (χ2v) is 5.98. The highest BCUT2D eigenvalue weighted by atomic mass is 19.1. The fourth-order valence-corrected chi connectivity index (χ4v) is 3.29. The third kappa shape index (κ3) is 3.42. The number of aliphatic hydroxyl groups excluding tert-OH is 1. The predicted molar refractivity (Wildman–Crippen MR) is 86.2 cm³/mol. The largest absolute Gasteiger partial charge is 0.396 e. The maximum atomic E-state index is 13.1. The van der Waals surface area contributed by atoms with Crippen molar-refractivity contribution in [3.8, 4) is 0 Å². The second kappa shape index (κ2) is 6.92. The van der Waals surface area contributed by atoms with E-state index in [1.165, 1.54) is 12.1 Å². The molecule has 0 aromatic heterocycles. The molecule has 0 aliphatic carbocycles. The number of carbonyl (C=O) groups excluding carboxylic acids is 1. The number of nitrogens with zero attached hydrogens (tertiary/aromatic N) is 1. The summed E-state index contributed by atoms with van der Waals surface area (Å²) >= 11 is 0. The summed E-state index contributed by atoms with van der Waals surface area (Å²) in [6, 6.07) is 16.1. The quantitative estimate of drug-likeness (QED) is 0.943. The highest BCUT2D eigenvalue weighted by molar-refractivity contribution is 5.81. The molecule has 0 unspecified atom stereocenters. The number of aliphatic hydroxyl groups is 1. The maximum Gasteiger partial charge on any atom is 0.228 e. The van der Waals surface area contributed by atoms with Gasteiger partial charge in [0.15, 0.2) is 0 Å². The molecule has 0 bridgehead atoms. The van der Waals surface area contributed by atoms with Crippen LogP contribution in [0.15, 0.2) is 54.6 Å². The lowest BCUT2D eigenvalue weighted by molar-refractivity contribution is -0.141. The Morgan fingerprint density at radius 1 is 1.09 bits per heavy atom. The van der Waals surface area contributed by atoms with Gasteiger partial charge in [-0.05, 0) is 35.6 Å². The van der Waals surface area contributed by atoms with E-state index >= 15 is 0 Å². The Balaban J connectivity index is 1.76. The molecule has 0 saturated carbocycles. The number of likely N-dealkylation sites (tertiary alicyclic amines) is 1. The second-order valence-electron chi connectivity index (χ2n) is 5.98. The molecule has 1 aliphatic heterocycles. The zero-order valence-electron chi connectivity index (χ0n) is 12.9. The Bertz CT molecular complexity index is 657. The summed E-state index contributed by atoms with van der Waals surface area (Å²) in [5.74, 6) is -0.836. The Labute approximate surface area is 135 Å². The molecule has 1 saturated heterocycles. The molecule has 1 aliphatic rings. The third-order valence-corrected chi connectivity index (χ3v) is 4.54. The number of rotatable bonds is 4. The summed E-state index contributed by atoms with van der Waals surface area (Å²) in [5, 5.41) is 9.71. The molecule has 1 fully saturated rings. The molecule has 1 N–H and O–H groups in total. The predicted octanol–water partition coefficient (Wildman–Crippen LogP) is 2.95. The van der Waals surface area contributed by atoms with Crippen LogP contribution in [0.1, 0.15) is 23.5 Å². The van der Waals surface area contributed by atoms with Gasteiger partial charge in [-0.25, -0.2) is 4.39 Å². The van der Waals surface area contributed by atoms with Gasteiger partial charge in [0.05, 0.1) is 12.5 Å². The molecule has 0 spiro atoms. The van der Waals surface area contributed by atoms with Crippen LogP contribution in [0, 0.1) is 11.7 Å². The van der Waals surface area contributed by atoms with Crippen LogP contribution >= 0.6 is 0 Å². The number of amides is 1. The summed E-state index contributed by atoms with van der Waals surface area (Å²) in [6.45, 7) is 1.02. The van der Waals surface area contributed by atoms with Gasteiger partial charge >= 0.3 is 0 Å². The summed E-state index contributed by atoms with van der Waals surface area (Å²) in [6.07, 6.45) is 0.773. The first-order valence-corrected chi connectivity index (χ1v) is 7.88. The van der Waals surface area contributed by atoms with E-state index in [2.05, 4.69) is 0 Å². The Morgan fingerprint density at radius 2 is 1.78 bits per heavy atom. The van der Waals surface area contributed by atoms with E-state index < -0.39 is 5.92 Å². The van der Waals surface area contributed by atoms with Crippen molar-refractivity contribution < 1.29 is 14.3 Å². The molecule has 1 amide bonds. The van der Waals surface area contributed by atoms with Crippen molar-refractivity contribution >= 4 is 5.91 Å². The number of hydrogen-bond donors (Lipinski definition) is 1. The molecule has 23 heavy (non-hydrogen) atoms. The first-order chi connectivity index (χ1) is 11.2. The zero-order valence-corrected chi connectivity index (χ0v) is 12.9. The highest BCUT2D eigenvalue weighted by Crippen LogP contribution is 2.34. The van der Waals surface area contributed by atoms with Crippen LogP contribution in [0.25, 0.3) is 0 Å². The SMILES string of the molecule is O=C1[C@@H](CO)[C@H](c2ccc(F)cc2)CCN1Cc1ccccc1. The van der Waals surface area contributed by atoms with E-state index in [9.17, 15) is 14.3 Å². The van der Waals surface area contributed by atoms with Crippen LogP contribution in [0.5, 0.6) is 0 Å². The summed E-state index contributed by atoms with van der Waals surface area (Å²) < 4.78 is 13.1. The summed E-state index contributed by atoms with van der Waals surface area (Å²) in [7, 11) is 0. The molecule has 4 heteroatoms. The summed E-state index contributed by atoms with van der Waals surface area (Å²) in [4.78, 5) is 14.5. The van der Waals surface area contributed by atoms with Gasteiger partial charge in [-0.15, -0.1) is 0 Å². The fourth-order valence-electron chi connectivity index (χ4n) is 3.29. The summed E-state index contributed by atoms with van der Waals surface area (Å²) in [5.41, 5.74) is 2.00. The number of piperidine rings is 1. The Hall–Kier alpha value is -2.20. The minimum Gasteiger partial charge on any atom is -0.396 e. The molecule has 2 aromatic carbocycles. The molecule has 2 aromatic rings. The topological polar surface area (TPSA) is 40.5 Å². The third-order valence-electron chi connectivity index (χ3n) is 4.54. The van der Waals surface area contributed by atoms with E-state index in [1.54, 1.807) is 17.0 Å². The molecule has 0 radical (unpaired) electrons. The zero-order chi connectivity index (χ0) is 16.2. The first-order valence-electron chi connectivity index (χ1n) is 7.88. The average molecular weight is 313 g/mol. The first kappa shape index (κ1) is 15.7. The minimum absolute atomic E-state index is 0.0306. The van der Waals surface area contributed by atoms with Crippen LogP contribution in [-0.2, 0) is 11.3 Å². The molecule has 120 valence electrons. The molecular formula is C19H20FNO2. The minimum atomic E-state index is -0.460. The van der Waals surface area contributed by atoms with E-state index in [4.69, 9.17) is 0 Å². The van der Waals surface area contributed by atoms with Crippen molar-refractivity contribution in [2.24, 2.45) is 5.92 Å². The number of halogens is 1. The van der Waals surface area contributed by atoms with Crippen LogP contribution in [0.3, 0.4) is 0 Å². The van der Waals surface area contributed by atoms with Gasteiger partial charge in [0.2, 0.25) is 5.91 Å². The van der Waals surface area contributed by atoms with Crippen molar-refractivity contribution in [1.82, 2.24) is 4.90 Å².